The maximum atomic E-state index is 14.2. The van der Waals surface area contributed by atoms with Gasteiger partial charge < -0.3 is 9.51 Å². The second-order valence-electron chi connectivity index (χ2n) is 4.51. The van der Waals surface area contributed by atoms with Crippen molar-refractivity contribution in [3.05, 3.63) is 65.6 Å². The molecule has 0 saturated carbocycles. The fraction of sp³-hybridized carbons (Fsp3) is 0. The molecule has 0 radical (unpaired) electrons. The summed E-state index contributed by atoms with van der Waals surface area (Å²) < 4.78 is 15.9. The lowest BCUT2D eigenvalue weighted by Gasteiger charge is -2.05. The van der Waals surface area contributed by atoms with Gasteiger partial charge in [0.25, 0.3) is 0 Å². The first kappa shape index (κ1) is 12.9. The SMILES string of the molecule is N#Cc1cc(-c2ccc(C(=O)O)cc2F)n2ccccc12. The molecule has 0 saturated heterocycles. The van der Waals surface area contributed by atoms with Gasteiger partial charge in [-0.2, -0.15) is 5.26 Å². The molecular formula is C16H9FN2O2. The Morgan fingerprint density at radius 3 is 2.71 bits per heavy atom. The minimum absolute atomic E-state index is 0.113. The van der Waals surface area contributed by atoms with Gasteiger partial charge in [0, 0.05) is 11.8 Å². The van der Waals surface area contributed by atoms with Gasteiger partial charge in [0.2, 0.25) is 0 Å². The summed E-state index contributed by atoms with van der Waals surface area (Å²) in [4.78, 5) is 10.8. The van der Waals surface area contributed by atoms with Crippen molar-refractivity contribution in [1.29, 1.82) is 5.26 Å². The lowest BCUT2D eigenvalue weighted by atomic mass is 10.1. The number of nitrogens with zero attached hydrogens (tertiary/aromatic N) is 2. The van der Waals surface area contributed by atoms with Gasteiger partial charge in [-0.1, -0.05) is 6.07 Å². The Labute approximate surface area is 119 Å². The van der Waals surface area contributed by atoms with Crippen LogP contribution < -0.4 is 0 Å². The number of rotatable bonds is 2. The highest BCUT2D eigenvalue weighted by Gasteiger charge is 2.15. The van der Waals surface area contributed by atoms with Crippen LogP contribution in [0.3, 0.4) is 0 Å². The standard InChI is InChI=1S/C16H9FN2O2/c17-13-7-10(16(20)21)4-5-12(13)15-8-11(9-18)14-3-1-2-6-19(14)15/h1-8H,(H,20,21). The zero-order valence-electron chi connectivity index (χ0n) is 10.7. The van der Waals surface area contributed by atoms with Crippen LogP contribution in [0.2, 0.25) is 0 Å². The predicted octanol–water partition coefficient (Wildman–Crippen LogP) is 3.32. The van der Waals surface area contributed by atoms with E-state index in [2.05, 4.69) is 6.07 Å². The average Bonchev–Trinajstić information content (AvgIpc) is 2.86. The number of carboxylic acid groups (broad SMARTS) is 1. The summed E-state index contributed by atoms with van der Waals surface area (Å²) in [7, 11) is 0. The molecule has 0 unspecified atom stereocenters. The van der Waals surface area contributed by atoms with Crippen molar-refractivity contribution < 1.29 is 14.3 Å². The summed E-state index contributed by atoms with van der Waals surface area (Å²) in [5.74, 6) is -1.82. The molecule has 0 aliphatic heterocycles. The van der Waals surface area contributed by atoms with Crippen LogP contribution in [0.25, 0.3) is 16.8 Å². The highest BCUT2D eigenvalue weighted by atomic mass is 19.1. The lowest BCUT2D eigenvalue weighted by Crippen LogP contribution is -1.98. The third-order valence-corrected chi connectivity index (χ3v) is 3.29. The molecular weight excluding hydrogens is 271 g/mol. The Bertz CT molecular complexity index is 906. The Balaban J connectivity index is 2.26. The van der Waals surface area contributed by atoms with Gasteiger partial charge in [0.05, 0.1) is 22.3 Å². The summed E-state index contributed by atoms with van der Waals surface area (Å²) in [5, 5.41) is 18.0. The highest BCUT2D eigenvalue weighted by molar-refractivity contribution is 5.88. The minimum Gasteiger partial charge on any atom is -0.478 e. The normalized spacial score (nSPS) is 10.5. The molecule has 0 atom stereocenters. The predicted molar refractivity (Wildman–Crippen MR) is 74.5 cm³/mol. The van der Waals surface area contributed by atoms with Gasteiger partial charge >= 0.3 is 5.97 Å². The summed E-state index contributed by atoms with van der Waals surface area (Å²) in [6.07, 6.45) is 1.73. The van der Waals surface area contributed by atoms with E-state index >= 15 is 0 Å². The number of nitriles is 1. The van der Waals surface area contributed by atoms with Crippen LogP contribution in [0, 0.1) is 17.1 Å². The fourth-order valence-corrected chi connectivity index (χ4v) is 2.31. The van der Waals surface area contributed by atoms with Crippen LogP contribution in [0.5, 0.6) is 0 Å². The molecule has 0 fully saturated rings. The van der Waals surface area contributed by atoms with Crippen LogP contribution in [0.1, 0.15) is 15.9 Å². The number of carbonyl (C=O) groups is 1. The average molecular weight is 280 g/mol. The Hall–Kier alpha value is -3.13. The third kappa shape index (κ3) is 2.03. The van der Waals surface area contributed by atoms with E-state index in [1.165, 1.54) is 12.1 Å². The van der Waals surface area contributed by atoms with Crippen molar-refractivity contribution in [2.45, 2.75) is 0 Å². The molecule has 3 aromatic rings. The molecule has 21 heavy (non-hydrogen) atoms. The molecule has 0 aliphatic rings. The minimum atomic E-state index is -1.18. The number of hydrogen-bond donors (Lipinski definition) is 1. The number of carboxylic acids is 1. The maximum absolute atomic E-state index is 14.2. The Morgan fingerprint density at radius 1 is 1.24 bits per heavy atom. The van der Waals surface area contributed by atoms with E-state index in [1.54, 1.807) is 34.9 Å². The van der Waals surface area contributed by atoms with E-state index in [0.717, 1.165) is 6.07 Å². The smallest absolute Gasteiger partial charge is 0.335 e. The largest absolute Gasteiger partial charge is 0.478 e. The zero-order chi connectivity index (χ0) is 15.0. The fourth-order valence-electron chi connectivity index (χ4n) is 2.31. The van der Waals surface area contributed by atoms with Crippen molar-refractivity contribution in [2.24, 2.45) is 0 Å². The molecule has 2 heterocycles. The zero-order valence-corrected chi connectivity index (χ0v) is 10.7. The number of pyridine rings is 1. The number of aromatic carboxylic acids is 1. The van der Waals surface area contributed by atoms with Crippen LogP contribution in [0.15, 0.2) is 48.7 Å². The molecule has 0 bridgehead atoms. The van der Waals surface area contributed by atoms with E-state index in [4.69, 9.17) is 10.4 Å². The second kappa shape index (κ2) is 4.76. The summed E-state index contributed by atoms with van der Waals surface area (Å²) in [6, 6.07) is 12.7. The quantitative estimate of drug-likeness (QED) is 0.783. The molecule has 4 nitrogen and oxygen atoms in total. The molecule has 0 amide bonds. The third-order valence-electron chi connectivity index (χ3n) is 3.29. The van der Waals surface area contributed by atoms with Gasteiger partial charge in [-0.3, -0.25) is 0 Å². The molecule has 2 aromatic heterocycles. The van der Waals surface area contributed by atoms with E-state index < -0.39 is 11.8 Å². The highest BCUT2D eigenvalue weighted by Crippen LogP contribution is 2.28. The van der Waals surface area contributed by atoms with Crippen molar-refractivity contribution >= 4 is 11.5 Å². The van der Waals surface area contributed by atoms with E-state index in [-0.39, 0.29) is 11.1 Å². The van der Waals surface area contributed by atoms with Crippen LogP contribution in [-0.4, -0.2) is 15.5 Å². The van der Waals surface area contributed by atoms with Gasteiger partial charge in [0.15, 0.2) is 0 Å². The maximum Gasteiger partial charge on any atom is 0.335 e. The molecule has 1 N–H and O–H groups in total. The van der Waals surface area contributed by atoms with Crippen molar-refractivity contribution in [3.8, 4) is 17.3 Å². The second-order valence-corrected chi connectivity index (χ2v) is 4.51. The Morgan fingerprint density at radius 2 is 2.05 bits per heavy atom. The number of aromatic nitrogens is 1. The Kier molecular flexibility index (Phi) is 2.92. The first-order valence-electron chi connectivity index (χ1n) is 6.15. The topological polar surface area (TPSA) is 65.5 Å². The molecule has 1 aromatic carbocycles. The molecule has 3 rings (SSSR count). The summed E-state index contributed by atoms with van der Waals surface area (Å²) in [5.41, 5.74) is 1.76. The lowest BCUT2D eigenvalue weighted by molar-refractivity contribution is 0.0696. The number of halogens is 1. The molecule has 0 aliphatic carbocycles. The number of hydrogen-bond acceptors (Lipinski definition) is 2. The molecule has 5 heteroatoms. The molecule has 102 valence electrons. The van der Waals surface area contributed by atoms with E-state index in [9.17, 15) is 9.18 Å². The van der Waals surface area contributed by atoms with Crippen LogP contribution >= 0.6 is 0 Å². The van der Waals surface area contributed by atoms with Crippen LogP contribution in [0.4, 0.5) is 4.39 Å². The van der Waals surface area contributed by atoms with Crippen molar-refractivity contribution in [2.75, 3.05) is 0 Å². The van der Waals surface area contributed by atoms with Crippen LogP contribution in [-0.2, 0) is 0 Å². The van der Waals surface area contributed by atoms with Crippen molar-refractivity contribution in [1.82, 2.24) is 4.40 Å². The summed E-state index contributed by atoms with van der Waals surface area (Å²) >= 11 is 0. The number of benzene rings is 1. The monoisotopic (exact) mass is 280 g/mol. The molecule has 0 spiro atoms. The summed E-state index contributed by atoms with van der Waals surface area (Å²) in [6.45, 7) is 0. The van der Waals surface area contributed by atoms with Gasteiger partial charge in [-0.05, 0) is 36.4 Å². The van der Waals surface area contributed by atoms with E-state index in [1.807, 2.05) is 0 Å². The van der Waals surface area contributed by atoms with E-state index in [0.29, 0.717) is 16.8 Å². The first-order chi connectivity index (χ1) is 10.1. The van der Waals surface area contributed by atoms with Crippen molar-refractivity contribution in [3.63, 3.8) is 0 Å². The van der Waals surface area contributed by atoms with Gasteiger partial charge in [-0.15, -0.1) is 0 Å². The van der Waals surface area contributed by atoms with Gasteiger partial charge in [0.1, 0.15) is 11.9 Å². The number of fused-ring (bicyclic) bond motifs is 1. The van der Waals surface area contributed by atoms with Gasteiger partial charge in [-0.25, -0.2) is 9.18 Å². The first-order valence-corrected chi connectivity index (χ1v) is 6.15.